The van der Waals surface area contributed by atoms with Crippen molar-refractivity contribution in [1.82, 2.24) is 4.98 Å². The predicted octanol–water partition coefficient (Wildman–Crippen LogP) is 3.57. The number of hydrogen-bond donors (Lipinski definition) is 0. The lowest BCUT2D eigenvalue weighted by atomic mass is 10.2. The number of ether oxygens (including phenoxy) is 2. The summed E-state index contributed by atoms with van der Waals surface area (Å²) in [7, 11) is 3.26. The van der Waals surface area contributed by atoms with Crippen LogP contribution in [0.4, 0.5) is 0 Å². The quantitative estimate of drug-likeness (QED) is 0.795. The summed E-state index contributed by atoms with van der Waals surface area (Å²) >= 11 is 7.34. The first-order chi connectivity index (χ1) is 8.26. The number of aromatic nitrogens is 1. The van der Waals surface area contributed by atoms with Gasteiger partial charge in [-0.2, -0.15) is 0 Å². The van der Waals surface area contributed by atoms with Crippen molar-refractivity contribution in [2.24, 2.45) is 0 Å². The highest BCUT2D eigenvalue weighted by Crippen LogP contribution is 2.32. The largest absolute Gasteiger partial charge is 0.497 e. The summed E-state index contributed by atoms with van der Waals surface area (Å²) in [6.45, 7) is 0. The highest BCUT2D eigenvalue weighted by molar-refractivity contribution is 7.15. The molecular weight excluding hydrogens is 258 g/mol. The van der Waals surface area contributed by atoms with Gasteiger partial charge in [-0.1, -0.05) is 0 Å². The van der Waals surface area contributed by atoms with Gasteiger partial charge >= 0.3 is 0 Å². The summed E-state index contributed by atoms with van der Waals surface area (Å²) in [6.07, 6.45) is 1.79. The summed E-state index contributed by atoms with van der Waals surface area (Å²) in [6, 6.07) is 5.69. The fourth-order valence-electron chi connectivity index (χ4n) is 1.43. The number of halogens is 1. The molecule has 1 aromatic heterocycles. The molecule has 2 aromatic rings. The van der Waals surface area contributed by atoms with Gasteiger partial charge in [-0.15, -0.1) is 22.9 Å². The normalized spacial score (nSPS) is 10.3. The number of hydrogen-bond acceptors (Lipinski definition) is 4. The number of rotatable bonds is 4. The zero-order chi connectivity index (χ0) is 12.3. The zero-order valence-electron chi connectivity index (χ0n) is 9.57. The second-order valence-electron chi connectivity index (χ2n) is 3.37. The van der Waals surface area contributed by atoms with E-state index in [9.17, 15) is 0 Å². The van der Waals surface area contributed by atoms with Gasteiger partial charge in [-0.05, 0) is 12.1 Å². The highest BCUT2D eigenvalue weighted by atomic mass is 35.5. The molecule has 90 valence electrons. The molecule has 17 heavy (non-hydrogen) atoms. The zero-order valence-corrected chi connectivity index (χ0v) is 11.1. The maximum absolute atomic E-state index is 5.77. The van der Waals surface area contributed by atoms with Crippen molar-refractivity contribution in [3.63, 3.8) is 0 Å². The van der Waals surface area contributed by atoms with Gasteiger partial charge in [0.2, 0.25) is 0 Å². The lowest BCUT2D eigenvalue weighted by Gasteiger charge is -2.06. The van der Waals surface area contributed by atoms with Gasteiger partial charge in [0.1, 0.15) is 16.5 Å². The molecule has 0 aliphatic carbocycles. The summed E-state index contributed by atoms with van der Waals surface area (Å²) < 4.78 is 10.4. The van der Waals surface area contributed by atoms with Crippen LogP contribution in [-0.2, 0) is 5.88 Å². The Morgan fingerprint density at radius 1 is 1.18 bits per heavy atom. The third kappa shape index (κ3) is 2.70. The third-order valence-corrected chi connectivity index (χ3v) is 3.78. The Hall–Kier alpha value is -1.26. The van der Waals surface area contributed by atoms with Crippen molar-refractivity contribution in [3.05, 3.63) is 29.3 Å². The van der Waals surface area contributed by atoms with E-state index in [0.717, 1.165) is 26.9 Å². The first-order valence-electron chi connectivity index (χ1n) is 5.01. The van der Waals surface area contributed by atoms with Gasteiger partial charge in [0.15, 0.2) is 0 Å². The molecule has 0 saturated carbocycles. The Kier molecular flexibility index (Phi) is 3.86. The van der Waals surface area contributed by atoms with E-state index in [1.807, 2.05) is 18.2 Å². The van der Waals surface area contributed by atoms with E-state index in [1.165, 1.54) is 0 Å². The van der Waals surface area contributed by atoms with E-state index in [4.69, 9.17) is 21.1 Å². The molecule has 0 saturated heterocycles. The van der Waals surface area contributed by atoms with E-state index in [1.54, 1.807) is 31.8 Å². The van der Waals surface area contributed by atoms with E-state index in [2.05, 4.69) is 4.98 Å². The minimum atomic E-state index is 0.485. The summed E-state index contributed by atoms with van der Waals surface area (Å²) in [5.41, 5.74) is 0.975. The standard InChI is InChI=1S/C12H12ClNO2S/c1-15-9-3-8(4-10(5-9)16-2)12-14-7-11(6-13)17-12/h3-5,7H,6H2,1-2H3. The van der Waals surface area contributed by atoms with Crippen LogP contribution in [0.1, 0.15) is 4.88 Å². The Balaban J connectivity index is 2.43. The van der Waals surface area contributed by atoms with Crippen molar-refractivity contribution in [2.45, 2.75) is 5.88 Å². The van der Waals surface area contributed by atoms with Gasteiger partial charge in [-0.25, -0.2) is 4.98 Å². The molecule has 0 amide bonds. The monoisotopic (exact) mass is 269 g/mol. The van der Waals surface area contributed by atoms with Crippen LogP contribution in [0.15, 0.2) is 24.4 Å². The smallest absolute Gasteiger partial charge is 0.123 e. The average molecular weight is 270 g/mol. The Morgan fingerprint density at radius 2 is 1.82 bits per heavy atom. The molecule has 5 heteroatoms. The third-order valence-electron chi connectivity index (χ3n) is 2.28. The van der Waals surface area contributed by atoms with Crippen LogP contribution in [0, 0.1) is 0 Å². The molecule has 0 bridgehead atoms. The van der Waals surface area contributed by atoms with E-state index in [-0.39, 0.29) is 0 Å². The minimum absolute atomic E-state index is 0.485. The Morgan fingerprint density at radius 3 is 2.29 bits per heavy atom. The lowest BCUT2D eigenvalue weighted by molar-refractivity contribution is 0.394. The number of benzene rings is 1. The van der Waals surface area contributed by atoms with Crippen molar-refractivity contribution in [3.8, 4) is 22.1 Å². The Bertz CT molecular complexity index is 491. The number of alkyl halides is 1. The van der Waals surface area contributed by atoms with Crippen LogP contribution >= 0.6 is 22.9 Å². The first-order valence-corrected chi connectivity index (χ1v) is 6.36. The predicted molar refractivity (Wildman–Crippen MR) is 70.2 cm³/mol. The summed E-state index contributed by atoms with van der Waals surface area (Å²) in [4.78, 5) is 5.38. The van der Waals surface area contributed by atoms with Crippen LogP contribution < -0.4 is 9.47 Å². The molecule has 0 fully saturated rings. The fourth-order valence-corrected chi connectivity index (χ4v) is 2.42. The fraction of sp³-hybridized carbons (Fsp3) is 0.250. The molecule has 0 unspecified atom stereocenters. The van der Waals surface area contributed by atoms with Gasteiger partial charge in [0, 0.05) is 22.7 Å². The van der Waals surface area contributed by atoms with Crippen molar-refractivity contribution in [2.75, 3.05) is 14.2 Å². The average Bonchev–Trinajstić information content (AvgIpc) is 2.86. The molecule has 0 aliphatic rings. The van der Waals surface area contributed by atoms with Crippen LogP contribution in [0.5, 0.6) is 11.5 Å². The molecule has 2 rings (SSSR count). The number of nitrogens with zero attached hydrogens (tertiary/aromatic N) is 1. The molecule has 0 N–H and O–H groups in total. The number of thiazole rings is 1. The summed E-state index contributed by atoms with van der Waals surface area (Å²) in [5, 5.41) is 0.915. The lowest BCUT2D eigenvalue weighted by Crippen LogP contribution is -1.88. The molecule has 0 spiro atoms. The van der Waals surface area contributed by atoms with Gasteiger partial charge in [0.25, 0.3) is 0 Å². The summed E-state index contributed by atoms with van der Waals surface area (Å²) in [5.74, 6) is 1.99. The molecule has 1 heterocycles. The van der Waals surface area contributed by atoms with E-state index in [0.29, 0.717) is 5.88 Å². The SMILES string of the molecule is COc1cc(OC)cc(-c2ncc(CCl)s2)c1. The second kappa shape index (κ2) is 5.38. The van der Waals surface area contributed by atoms with Gasteiger partial charge in [-0.3, -0.25) is 0 Å². The Labute approximate surface area is 109 Å². The molecule has 0 atom stereocenters. The van der Waals surface area contributed by atoms with Crippen molar-refractivity contribution in [1.29, 1.82) is 0 Å². The maximum Gasteiger partial charge on any atom is 0.123 e. The van der Waals surface area contributed by atoms with Gasteiger partial charge < -0.3 is 9.47 Å². The van der Waals surface area contributed by atoms with Crippen molar-refractivity contribution >= 4 is 22.9 Å². The molecule has 0 radical (unpaired) electrons. The van der Waals surface area contributed by atoms with E-state index < -0.39 is 0 Å². The molecule has 1 aromatic carbocycles. The van der Waals surface area contributed by atoms with Crippen LogP contribution in [-0.4, -0.2) is 19.2 Å². The first kappa shape index (κ1) is 12.2. The van der Waals surface area contributed by atoms with Crippen LogP contribution in [0.3, 0.4) is 0 Å². The van der Waals surface area contributed by atoms with Crippen molar-refractivity contribution < 1.29 is 9.47 Å². The van der Waals surface area contributed by atoms with Crippen LogP contribution in [0.25, 0.3) is 10.6 Å². The van der Waals surface area contributed by atoms with Gasteiger partial charge in [0.05, 0.1) is 20.1 Å². The topological polar surface area (TPSA) is 31.4 Å². The second-order valence-corrected chi connectivity index (χ2v) is 4.75. The maximum atomic E-state index is 5.77. The number of methoxy groups -OCH3 is 2. The molecule has 3 nitrogen and oxygen atoms in total. The molecular formula is C12H12ClNO2S. The van der Waals surface area contributed by atoms with Crippen LogP contribution in [0.2, 0.25) is 0 Å². The minimum Gasteiger partial charge on any atom is -0.497 e. The highest BCUT2D eigenvalue weighted by Gasteiger charge is 2.08. The van der Waals surface area contributed by atoms with E-state index >= 15 is 0 Å². The molecule has 0 aliphatic heterocycles.